The van der Waals surface area contributed by atoms with E-state index in [4.69, 9.17) is 16.9 Å². The SMILES string of the molecule is Cc1nc(Cl)c(I)cc1C#N. The average molecular weight is 278 g/mol. The molecule has 0 fully saturated rings. The molecular weight excluding hydrogens is 274 g/mol. The lowest BCUT2D eigenvalue weighted by atomic mass is 10.2. The molecule has 1 rings (SSSR count). The molecule has 0 saturated heterocycles. The molecule has 56 valence electrons. The highest BCUT2D eigenvalue weighted by Crippen LogP contribution is 2.18. The van der Waals surface area contributed by atoms with Crippen LogP contribution < -0.4 is 0 Å². The Kier molecular flexibility index (Phi) is 2.68. The van der Waals surface area contributed by atoms with Crippen LogP contribution in [0.4, 0.5) is 0 Å². The molecule has 0 aromatic carbocycles. The summed E-state index contributed by atoms with van der Waals surface area (Å²) >= 11 is 7.76. The van der Waals surface area contributed by atoms with Crippen LogP contribution in [-0.2, 0) is 0 Å². The van der Waals surface area contributed by atoms with Crippen LogP contribution in [0.3, 0.4) is 0 Å². The number of rotatable bonds is 0. The summed E-state index contributed by atoms with van der Waals surface area (Å²) in [6.45, 7) is 1.76. The Morgan fingerprint density at radius 1 is 1.73 bits per heavy atom. The van der Waals surface area contributed by atoms with Crippen LogP contribution in [0.5, 0.6) is 0 Å². The van der Waals surface area contributed by atoms with Crippen LogP contribution >= 0.6 is 34.2 Å². The Balaban J connectivity index is 3.35. The molecule has 0 radical (unpaired) electrons. The van der Waals surface area contributed by atoms with E-state index in [1.807, 2.05) is 28.7 Å². The van der Waals surface area contributed by atoms with Crippen molar-refractivity contribution < 1.29 is 0 Å². The summed E-state index contributed by atoms with van der Waals surface area (Å²) in [4.78, 5) is 3.98. The summed E-state index contributed by atoms with van der Waals surface area (Å²) in [6, 6.07) is 3.76. The molecule has 0 amide bonds. The van der Waals surface area contributed by atoms with Gasteiger partial charge in [0.25, 0.3) is 0 Å². The summed E-state index contributed by atoms with van der Waals surface area (Å²) < 4.78 is 0.811. The van der Waals surface area contributed by atoms with E-state index in [-0.39, 0.29) is 0 Å². The Morgan fingerprint density at radius 3 is 2.91 bits per heavy atom. The summed E-state index contributed by atoms with van der Waals surface area (Å²) in [5, 5.41) is 9.06. The first-order valence-electron chi connectivity index (χ1n) is 2.88. The van der Waals surface area contributed by atoms with Gasteiger partial charge >= 0.3 is 0 Å². The monoisotopic (exact) mass is 278 g/mol. The third-order valence-electron chi connectivity index (χ3n) is 1.24. The minimum atomic E-state index is 0.460. The zero-order chi connectivity index (χ0) is 8.43. The van der Waals surface area contributed by atoms with E-state index >= 15 is 0 Å². The standard InChI is InChI=1S/C7H4ClIN2/c1-4-5(3-10)2-6(9)7(8)11-4/h2H,1H3. The van der Waals surface area contributed by atoms with Gasteiger partial charge in [-0.2, -0.15) is 5.26 Å². The number of halogens is 2. The van der Waals surface area contributed by atoms with Crippen molar-refractivity contribution in [3.8, 4) is 6.07 Å². The molecule has 1 aromatic rings. The van der Waals surface area contributed by atoms with Crippen molar-refractivity contribution in [2.75, 3.05) is 0 Å². The molecule has 0 N–H and O–H groups in total. The van der Waals surface area contributed by atoms with Crippen LogP contribution in [0.1, 0.15) is 11.3 Å². The number of hydrogen-bond donors (Lipinski definition) is 0. The summed E-state index contributed by atoms with van der Waals surface area (Å²) in [6.07, 6.45) is 0. The molecule has 0 bridgehead atoms. The lowest BCUT2D eigenvalue weighted by Crippen LogP contribution is -1.90. The molecule has 0 aliphatic heterocycles. The van der Waals surface area contributed by atoms with Gasteiger partial charge in [-0.15, -0.1) is 0 Å². The molecular formula is C7H4ClIN2. The maximum atomic E-state index is 8.60. The predicted molar refractivity (Wildman–Crippen MR) is 51.4 cm³/mol. The maximum Gasteiger partial charge on any atom is 0.142 e. The lowest BCUT2D eigenvalue weighted by Gasteiger charge is -1.98. The molecule has 0 atom stereocenters. The van der Waals surface area contributed by atoms with E-state index in [0.717, 1.165) is 3.57 Å². The van der Waals surface area contributed by atoms with Gasteiger partial charge in [0, 0.05) is 0 Å². The molecule has 11 heavy (non-hydrogen) atoms. The fourth-order valence-corrected chi connectivity index (χ4v) is 1.28. The van der Waals surface area contributed by atoms with Crippen molar-refractivity contribution in [3.05, 3.63) is 26.0 Å². The van der Waals surface area contributed by atoms with Gasteiger partial charge in [-0.1, -0.05) is 11.6 Å². The summed E-state index contributed by atoms with van der Waals surface area (Å²) in [5.74, 6) is 0. The number of pyridine rings is 1. The highest BCUT2D eigenvalue weighted by Gasteiger charge is 2.03. The summed E-state index contributed by atoms with van der Waals surface area (Å²) in [7, 11) is 0. The maximum absolute atomic E-state index is 8.60. The second kappa shape index (κ2) is 3.37. The minimum Gasteiger partial charge on any atom is -0.239 e. The smallest absolute Gasteiger partial charge is 0.142 e. The van der Waals surface area contributed by atoms with Crippen molar-refractivity contribution >= 4 is 34.2 Å². The van der Waals surface area contributed by atoms with Crippen molar-refractivity contribution in [1.29, 1.82) is 5.26 Å². The van der Waals surface area contributed by atoms with Crippen molar-refractivity contribution in [2.45, 2.75) is 6.92 Å². The van der Waals surface area contributed by atoms with Gasteiger partial charge in [0.05, 0.1) is 14.8 Å². The number of aromatic nitrogens is 1. The lowest BCUT2D eigenvalue weighted by molar-refractivity contribution is 1.17. The normalized spacial score (nSPS) is 9.27. The topological polar surface area (TPSA) is 36.7 Å². The molecule has 0 aliphatic rings. The minimum absolute atomic E-state index is 0.460. The number of nitrogens with zero attached hydrogens (tertiary/aromatic N) is 2. The van der Waals surface area contributed by atoms with Crippen molar-refractivity contribution in [1.82, 2.24) is 4.98 Å². The summed E-state index contributed by atoms with van der Waals surface area (Å²) in [5.41, 5.74) is 1.26. The van der Waals surface area contributed by atoms with E-state index in [2.05, 4.69) is 4.98 Å². The van der Waals surface area contributed by atoms with E-state index in [1.165, 1.54) is 0 Å². The molecule has 1 heterocycles. The zero-order valence-corrected chi connectivity index (χ0v) is 8.64. The van der Waals surface area contributed by atoms with E-state index < -0.39 is 0 Å². The Bertz CT molecular complexity index is 330. The van der Waals surface area contributed by atoms with Crippen LogP contribution in [0.15, 0.2) is 6.07 Å². The van der Waals surface area contributed by atoms with Gasteiger partial charge < -0.3 is 0 Å². The Morgan fingerprint density at radius 2 is 2.36 bits per heavy atom. The quantitative estimate of drug-likeness (QED) is 0.540. The van der Waals surface area contributed by atoms with Crippen molar-refractivity contribution in [3.63, 3.8) is 0 Å². The van der Waals surface area contributed by atoms with Crippen LogP contribution in [0, 0.1) is 21.8 Å². The number of hydrogen-bond acceptors (Lipinski definition) is 2. The van der Waals surface area contributed by atoms with Crippen LogP contribution in [-0.4, -0.2) is 4.98 Å². The van der Waals surface area contributed by atoms with Gasteiger partial charge in [0.2, 0.25) is 0 Å². The molecule has 0 saturated carbocycles. The number of nitriles is 1. The van der Waals surface area contributed by atoms with Gasteiger partial charge in [0.1, 0.15) is 11.2 Å². The van der Waals surface area contributed by atoms with E-state index in [9.17, 15) is 0 Å². The van der Waals surface area contributed by atoms with Gasteiger partial charge in [-0.3, -0.25) is 0 Å². The largest absolute Gasteiger partial charge is 0.239 e. The first-order valence-corrected chi connectivity index (χ1v) is 4.33. The fourth-order valence-electron chi connectivity index (χ4n) is 0.665. The van der Waals surface area contributed by atoms with Gasteiger partial charge in [-0.25, -0.2) is 4.98 Å². The first kappa shape index (κ1) is 8.75. The Hall–Kier alpha value is -0.340. The second-order valence-electron chi connectivity index (χ2n) is 2.01. The molecule has 2 nitrogen and oxygen atoms in total. The third kappa shape index (κ3) is 1.82. The first-order chi connectivity index (χ1) is 5.15. The van der Waals surface area contributed by atoms with Crippen LogP contribution in [0.2, 0.25) is 5.15 Å². The third-order valence-corrected chi connectivity index (χ3v) is 2.67. The average Bonchev–Trinajstić information content (AvgIpc) is 1.97. The number of aryl methyl sites for hydroxylation is 1. The molecule has 0 spiro atoms. The second-order valence-corrected chi connectivity index (χ2v) is 3.53. The van der Waals surface area contributed by atoms with E-state index in [0.29, 0.717) is 16.4 Å². The van der Waals surface area contributed by atoms with Crippen molar-refractivity contribution in [2.24, 2.45) is 0 Å². The van der Waals surface area contributed by atoms with E-state index in [1.54, 1.807) is 13.0 Å². The fraction of sp³-hybridized carbons (Fsp3) is 0.143. The molecule has 0 unspecified atom stereocenters. The molecule has 1 aromatic heterocycles. The highest BCUT2D eigenvalue weighted by molar-refractivity contribution is 14.1. The predicted octanol–water partition coefficient (Wildman–Crippen LogP) is 2.52. The molecule has 4 heteroatoms. The Labute approximate surface area is 83.3 Å². The highest BCUT2D eigenvalue weighted by atomic mass is 127. The zero-order valence-electron chi connectivity index (χ0n) is 5.73. The van der Waals surface area contributed by atoms with Gasteiger partial charge in [0.15, 0.2) is 0 Å². The molecule has 0 aliphatic carbocycles. The van der Waals surface area contributed by atoms with Gasteiger partial charge in [-0.05, 0) is 35.6 Å². The van der Waals surface area contributed by atoms with Crippen LogP contribution in [0.25, 0.3) is 0 Å².